The predicted octanol–water partition coefficient (Wildman–Crippen LogP) is 2.79. The highest BCUT2D eigenvalue weighted by Gasteiger charge is 2.32. The highest BCUT2D eigenvalue weighted by molar-refractivity contribution is 5.99. The number of hydrogen-bond donors (Lipinski definition) is 1. The van der Waals surface area contributed by atoms with Crippen molar-refractivity contribution >= 4 is 17.3 Å². The quantitative estimate of drug-likeness (QED) is 0.929. The topological polar surface area (TPSA) is 66.7 Å². The Labute approximate surface area is 148 Å². The van der Waals surface area contributed by atoms with Crippen molar-refractivity contribution in [3.8, 4) is 0 Å². The van der Waals surface area contributed by atoms with E-state index in [-0.39, 0.29) is 23.9 Å². The van der Waals surface area contributed by atoms with Gasteiger partial charge >= 0.3 is 0 Å². The summed E-state index contributed by atoms with van der Waals surface area (Å²) in [4.78, 5) is 31.2. The summed E-state index contributed by atoms with van der Waals surface area (Å²) < 4.78 is 1.95. The van der Waals surface area contributed by atoms with Gasteiger partial charge in [0.1, 0.15) is 5.82 Å². The second-order valence-electron chi connectivity index (χ2n) is 7.15. The molecule has 0 aromatic carbocycles. The molecule has 1 fully saturated rings. The highest BCUT2D eigenvalue weighted by atomic mass is 16.2. The second kappa shape index (κ2) is 6.86. The molecule has 2 aromatic heterocycles. The summed E-state index contributed by atoms with van der Waals surface area (Å²) in [5.41, 5.74) is 1.21. The summed E-state index contributed by atoms with van der Waals surface area (Å²) >= 11 is 0. The Bertz CT molecular complexity index is 796. The van der Waals surface area contributed by atoms with E-state index in [1.807, 2.05) is 40.6 Å². The van der Waals surface area contributed by atoms with Gasteiger partial charge in [0, 0.05) is 25.7 Å². The van der Waals surface area contributed by atoms with Crippen LogP contribution >= 0.6 is 0 Å². The van der Waals surface area contributed by atoms with Crippen LogP contribution in [0.4, 0.5) is 0 Å². The van der Waals surface area contributed by atoms with E-state index in [4.69, 9.17) is 0 Å². The van der Waals surface area contributed by atoms with Gasteiger partial charge in [0.25, 0.3) is 5.91 Å². The Morgan fingerprint density at radius 1 is 1.28 bits per heavy atom. The molecular formula is C19H26N4O2. The Kier molecular flexibility index (Phi) is 4.79. The molecule has 1 N–H and O–H groups in total. The summed E-state index contributed by atoms with van der Waals surface area (Å²) in [5.74, 6) is 1.00. The van der Waals surface area contributed by atoms with E-state index >= 15 is 0 Å². The van der Waals surface area contributed by atoms with E-state index in [9.17, 15) is 9.59 Å². The fourth-order valence-corrected chi connectivity index (χ4v) is 3.32. The molecule has 0 aliphatic carbocycles. The smallest absolute Gasteiger partial charge is 0.272 e. The maximum absolute atomic E-state index is 12.7. The number of carbonyl (C=O) groups excluding carboxylic acids is 2. The molecule has 2 aromatic rings. The number of nitrogens with one attached hydrogen (secondary N) is 1. The number of nitrogens with zero attached hydrogens (tertiary/aromatic N) is 3. The van der Waals surface area contributed by atoms with Crippen LogP contribution in [0.1, 0.15) is 62.9 Å². The fourth-order valence-electron chi connectivity index (χ4n) is 3.32. The third kappa shape index (κ3) is 3.25. The summed E-state index contributed by atoms with van der Waals surface area (Å²) in [6.07, 6.45) is 3.74. The molecule has 6 heteroatoms. The van der Waals surface area contributed by atoms with Crippen molar-refractivity contribution in [2.24, 2.45) is 5.92 Å². The van der Waals surface area contributed by atoms with Crippen molar-refractivity contribution in [2.75, 3.05) is 6.54 Å². The van der Waals surface area contributed by atoms with E-state index in [2.05, 4.69) is 24.1 Å². The Balaban J connectivity index is 2.01. The molecule has 1 aliphatic rings. The normalized spacial score (nSPS) is 18.8. The number of aromatic nitrogens is 2. The highest BCUT2D eigenvalue weighted by Crippen LogP contribution is 2.32. The molecule has 3 heterocycles. The SMILES string of the molecule is CC(=O)N1CCC[C@@H]1c1nc(C(=O)N[C@H](C)C(C)C)c2ccccn12. The predicted molar refractivity (Wildman–Crippen MR) is 96.3 cm³/mol. The van der Waals surface area contributed by atoms with Gasteiger partial charge in [-0.05, 0) is 37.8 Å². The first-order chi connectivity index (χ1) is 11.9. The maximum Gasteiger partial charge on any atom is 0.272 e. The van der Waals surface area contributed by atoms with Crippen molar-refractivity contribution in [3.05, 3.63) is 35.9 Å². The van der Waals surface area contributed by atoms with Crippen LogP contribution in [0.25, 0.3) is 5.52 Å². The minimum atomic E-state index is -0.163. The molecule has 0 bridgehead atoms. The van der Waals surface area contributed by atoms with Crippen molar-refractivity contribution in [2.45, 2.75) is 52.6 Å². The summed E-state index contributed by atoms with van der Waals surface area (Å²) in [7, 11) is 0. The number of pyridine rings is 1. The van der Waals surface area contributed by atoms with Crippen molar-refractivity contribution in [3.63, 3.8) is 0 Å². The number of fused-ring (bicyclic) bond motifs is 1. The minimum Gasteiger partial charge on any atom is -0.348 e. The zero-order valence-corrected chi connectivity index (χ0v) is 15.3. The minimum absolute atomic E-state index is 0.0506. The van der Waals surface area contributed by atoms with Crippen molar-refractivity contribution in [1.29, 1.82) is 0 Å². The monoisotopic (exact) mass is 342 g/mol. The molecule has 0 saturated carbocycles. The molecule has 0 unspecified atom stereocenters. The van der Waals surface area contributed by atoms with Crippen molar-refractivity contribution in [1.82, 2.24) is 19.6 Å². The molecule has 2 atom stereocenters. The number of carbonyl (C=O) groups is 2. The zero-order valence-electron chi connectivity index (χ0n) is 15.3. The molecule has 0 spiro atoms. The van der Waals surface area contributed by atoms with Crippen LogP contribution < -0.4 is 5.32 Å². The van der Waals surface area contributed by atoms with Gasteiger partial charge in [-0.2, -0.15) is 0 Å². The average Bonchev–Trinajstić information content (AvgIpc) is 3.19. The van der Waals surface area contributed by atoms with Crippen LogP contribution in [0.2, 0.25) is 0 Å². The van der Waals surface area contributed by atoms with E-state index in [1.54, 1.807) is 6.92 Å². The Hall–Kier alpha value is -2.37. The first kappa shape index (κ1) is 17.5. The van der Waals surface area contributed by atoms with Gasteiger partial charge in [0.05, 0.1) is 11.6 Å². The van der Waals surface area contributed by atoms with Crippen LogP contribution in [0, 0.1) is 5.92 Å². The lowest BCUT2D eigenvalue weighted by Gasteiger charge is -2.22. The molecule has 0 radical (unpaired) electrons. The van der Waals surface area contributed by atoms with Crippen LogP contribution in [0.3, 0.4) is 0 Å². The van der Waals surface area contributed by atoms with E-state index in [0.29, 0.717) is 11.6 Å². The van der Waals surface area contributed by atoms with Crippen LogP contribution in [-0.2, 0) is 4.79 Å². The van der Waals surface area contributed by atoms with Gasteiger partial charge < -0.3 is 14.6 Å². The number of imidazole rings is 1. The lowest BCUT2D eigenvalue weighted by molar-refractivity contribution is -0.129. The Morgan fingerprint density at radius 3 is 2.72 bits per heavy atom. The molecule has 134 valence electrons. The van der Waals surface area contributed by atoms with Crippen molar-refractivity contribution < 1.29 is 9.59 Å². The van der Waals surface area contributed by atoms with Gasteiger partial charge in [-0.3, -0.25) is 9.59 Å². The molecule has 1 saturated heterocycles. The van der Waals surface area contributed by atoms with Gasteiger partial charge in [-0.15, -0.1) is 0 Å². The van der Waals surface area contributed by atoms with Crippen LogP contribution in [0.5, 0.6) is 0 Å². The van der Waals surface area contributed by atoms with Crippen LogP contribution in [0.15, 0.2) is 24.4 Å². The molecule has 6 nitrogen and oxygen atoms in total. The standard InChI is InChI=1S/C19H26N4O2/c1-12(2)13(3)20-19(25)17-15-8-5-6-10-23(15)18(21-17)16-9-7-11-22(16)14(4)24/h5-6,8,10,12-13,16H,7,9,11H2,1-4H3,(H,20,25)/t13-,16-/m1/s1. The lowest BCUT2D eigenvalue weighted by atomic mass is 10.1. The molecule has 2 amide bonds. The first-order valence-electron chi connectivity index (χ1n) is 8.95. The molecule has 1 aliphatic heterocycles. The first-order valence-corrected chi connectivity index (χ1v) is 8.95. The number of amides is 2. The summed E-state index contributed by atoms with van der Waals surface area (Å²) in [6.45, 7) is 8.48. The Morgan fingerprint density at radius 2 is 2.04 bits per heavy atom. The third-order valence-corrected chi connectivity index (χ3v) is 5.10. The van der Waals surface area contributed by atoms with Gasteiger partial charge in [0.15, 0.2) is 5.69 Å². The van der Waals surface area contributed by atoms with Gasteiger partial charge in [0.2, 0.25) is 5.91 Å². The molecular weight excluding hydrogens is 316 g/mol. The second-order valence-corrected chi connectivity index (χ2v) is 7.15. The maximum atomic E-state index is 12.7. The summed E-state index contributed by atoms with van der Waals surface area (Å²) in [6, 6.07) is 5.72. The largest absolute Gasteiger partial charge is 0.348 e. The van der Waals surface area contributed by atoms with Gasteiger partial charge in [-0.1, -0.05) is 19.9 Å². The van der Waals surface area contributed by atoms with Crippen LogP contribution in [-0.4, -0.2) is 38.7 Å². The average molecular weight is 342 g/mol. The molecule has 25 heavy (non-hydrogen) atoms. The summed E-state index contributed by atoms with van der Waals surface area (Å²) in [5, 5.41) is 3.03. The fraction of sp³-hybridized carbons (Fsp3) is 0.526. The number of rotatable bonds is 4. The number of likely N-dealkylation sites (tertiary alicyclic amines) is 1. The van der Waals surface area contributed by atoms with E-state index in [1.165, 1.54) is 0 Å². The van der Waals surface area contributed by atoms with E-state index in [0.717, 1.165) is 30.7 Å². The zero-order chi connectivity index (χ0) is 18.1. The molecule has 3 rings (SSSR count). The lowest BCUT2D eigenvalue weighted by Crippen LogP contribution is -2.36. The van der Waals surface area contributed by atoms with Gasteiger partial charge in [-0.25, -0.2) is 4.98 Å². The third-order valence-electron chi connectivity index (χ3n) is 5.10. The number of hydrogen-bond acceptors (Lipinski definition) is 3. The van der Waals surface area contributed by atoms with E-state index < -0.39 is 0 Å².